The lowest BCUT2D eigenvalue weighted by Gasteiger charge is -2.26. The molecule has 0 fully saturated rings. The van der Waals surface area contributed by atoms with Crippen molar-refractivity contribution in [3.05, 3.63) is 82.3 Å². The van der Waals surface area contributed by atoms with Crippen LogP contribution in [-0.4, -0.2) is 23.4 Å². The van der Waals surface area contributed by atoms with Crippen LogP contribution >= 0.6 is 0 Å². The maximum absolute atomic E-state index is 13.1. The van der Waals surface area contributed by atoms with Crippen molar-refractivity contribution in [2.75, 3.05) is 6.54 Å². The van der Waals surface area contributed by atoms with Gasteiger partial charge in [-0.05, 0) is 35.7 Å². The van der Waals surface area contributed by atoms with Gasteiger partial charge in [0.2, 0.25) is 0 Å². The summed E-state index contributed by atoms with van der Waals surface area (Å²) in [5.41, 5.74) is 3.96. The van der Waals surface area contributed by atoms with Crippen molar-refractivity contribution in [1.82, 2.24) is 15.5 Å². The second-order valence-electron chi connectivity index (χ2n) is 6.57. The molecule has 0 bridgehead atoms. The van der Waals surface area contributed by atoms with Crippen LogP contribution in [0.15, 0.2) is 59.8 Å². The van der Waals surface area contributed by atoms with Crippen LogP contribution < -0.4 is 10.6 Å². The normalized spacial score (nSPS) is 19.3. The molecule has 2 aromatic rings. The second kappa shape index (κ2) is 6.29. The van der Waals surface area contributed by atoms with Gasteiger partial charge in [0.1, 0.15) is 5.82 Å². The first-order valence-electron chi connectivity index (χ1n) is 8.43. The molecule has 0 aliphatic carbocycles. The molecule has 6 heteroatoms. The summed E-state index contributed by atoms with van der Waals surface area (Å²) < 4.78 is 13.1. The van der Waals surface area contributed by atoms with Crippen molar-refractivity contribution in [3.8, 4) is 0 Å². The molecule has 1 unspecified atom stereocenters. The van der Waals surface area contributed by atoms with Crippen LogP contribution in [0.1, 0.15) is 22.7 Å². The molecule has 0 saturated heterocycles. The topological polar surface area (TPSA) is 61.4 Å². The van der Waals surface area contributed by atoms with Crippen molar-refractivity contribution >= 4 is 11.9 Å². The SMILES string of the molecule is Cc1ccccc1C1NC(=O)NC2=C1C(=O)N(Cc1ccc(F)cc1)C2. The summed E-state index contributed by atoms with van der Waals surface area (Å²) in [4.78, 5) is 26.8. The molecule has 3 amide bonds. The second-order valence-corrected chi connectivity index (χ2v) is 6.57. The van der Waals surface area contributed by atoms with Crippen LogP contribution in [-0.2, 0) is 11.3 Å². The van der Waals surface area contributed by atoms with Gasteiger partial charge in [0.25, 0.3) is 5.91 Å². The fourth-order valence-corrected chi connectivity index (χ4v) is 3.51. The van der Waals surface area contributed by atoms with E-state index in [1.165, 1.54) is 12.1 Å². The highest BCUT2D eigenvalue weighted by Gasteiger charge is 2.40. The first kappa shape index (κ1) is 16.3. The molecule has 2 aliphatic rings. The minimum Gasteiger partial charge on any atom is -0.329 e. The van der Waals surface area contributed by atoms with Gasteiger partial charge < -0.3 is 15.5 Å². The van der Waals surface area contributed by atoms with Crippen LogP contribution in [0, 0.1) is 12.7 Å². The third kappa shape index (κ3) is 2.83. The third-order valence-corrected chi connectivity index (χ3v) is 4.81. The summed E-state index contributed by atoms with van der Waals surface area (Å²) in [7, 11) is 0. The quantitative estimate of drug-likeness (QED) is 0.893. The molecule has 2 N–H and O–H groups in total. The van der Waals surface area contributed by atoms with E-state index in [4.69, 9.17) is 0 Å². The van der Waals surface area contributed by atoms with Crippen molar-refractivity contribution in [3.63, 3.8) is 0 Å². The number of urea groups is 1. The molecule has 4 rings (SSSR count). The Bertz CT molecular complexity index is 921. The van der Waals surface area contributed by atoms with Gasteiger partial charge in [0, 0.05) is 6.54 Å². The van der Waals surface area contributed by atoms with Crippen LogP contribution in [0.25, 0.3) is 0 Å². The van der Waals surface area contributed by atoms with Crippen LogP contribution in [0.4, 0.5) is 9.18 Å². The average molecular weight is 351 g/mol. The molecule has 0 saturated carbocycles. The first-order valence-corrected chi connectivity index (χ1v) is 8.43. The molecule has 0 spiro atoms. The van der Waals surface area contributed by atoms with Crippen LogP contribution in [0.3, 0.4) is 0 Å². The van der Waals surface area contributed by atoms with Gasteiger partial charge in [0.05, 0.1) is 23.9 Å². The zero-order valence-electron chi connectivity index (χ0n) is 14.3. The summed E-state index contributed by atoms with van der Waals surface area (Å²) in [5, 5.41) is 5.62. The number of hydrogen-bond acceptors (Lipinski definition) is 2. The fourth-order valence-electron chi connectivity index (χ4n) is 3.51. The van der Waals surface area contributed by atoms with E-state index in [-0.39, 0.29) is 17.8 Å². The Kier molecular flexibility index (Phi) is 3.95. The molecule has 1 atom stereocenters. The number of carbonyl (C=O) groups excluding carboxylic acids is 2. The molecule has 2 heterocycles. The number of rotatable bonds is 3. The summed E-state index contributed by atoms with van der Waals surface area (Å²) in [6.07, 6.45) is 0. The standard InChI is InChI=1S/C20H18FN3O2/c1-12-4-2-3-5-15(12)18-17-16(22-20(26)23-18)11-24(19(17)25)10-13-6-8-14(21)9-7-13/h2-9,18H,10-11H2,1H3,(H2,22,23,26). The predicted molar refractivity (Wildman–Crippen MR) is 94.4 cm³/mol. The largest absolute Gasteiger partial charge is 0.329 e. The van der Waals surface area contributed by atoms with Crippen molar-refractivity contribution < 1.29 is 14.0 Å². The minimum absolute atomic E-state index is 0.120. The van der Waals surface area contributed by atoms with Crippen molar-refractivity contribution in [1.29, 1.82) is 0 Å². The van der Waals surface area contributed by atoms with E-state index in [1.54, 1.807) is 17.0 Å². The van der Waals surface area contributed by atoms with Gasteiger partial charge in [-0.2, -0.15) is 0 Å². The number of nitrogens with zero attached hydrogens (tertiary/aromatic N) is 1. The van der Waals surface area contributed by atoms with E-state index in [9.17, 15) is 14.0 Å². The Hall–Kier alpha value is -3.15. The Morgan fingerprint density at radius 2 is 1.85 bits per heavy atom. The van der Waals surface area contributed by atoms with Gasteiger partial charge >= 0.3 is 6.03 Å². The summed E-state index contributed by atoms with van der Waals surface area (Å²) in [5.74, 6) is -0.430. The molecule has 26 heavy (non-hydrogen) atoms. The maximum atomic E-state index is 13.1. The van der Waals surface area contributed by atoms with Gasteiger partial charge in [-0.25, -0.2) is 9.18 Å². The van der Waals surface area contributed by atoms with E-state index < -0.39 is 6.04 Å². The lowest BCUT2D eigenvalue weighted by atomic mass is 9.93. The van der Waals surface area contributed by atoms with Crippen molar-refractivity contribution in [2.24, 2.45) is 0 Å². The number of aryl methyl sites for hydroxylation is 1. The van der Waals surface area contributed by atoms with E-state index in [2.05, 4.69) is 10.6 Å². The minimum atomic E-state index is -0.467. The van der Waals surface area contributed by atoms with Crippen LogP contribution in [0.2, 0.25) is 0 Å². The van der Waals surface area contributed by atoms with Gasteiger partial charge in [-0.3, -0.25) is 4.79 Å². The predicted octanol–water partition coefficient (Wildman–Crippen LogP) is 2.78. The van der Waals surface area contributed by atoms with Gasteiger partial charge in [0.15, 0.2) is 0 Å². The molecule has 2 aromatic carbocycles. The number of amides is 3. The average Bonchev–Trinajstić information content (AvgIpc) is 2.92. The maximum Gasteiger partial charge on any atom is 0.319 e. The Morgan fingerprint density at radius 1 is 1.12 bits per heavy atom. The zero-order valence-corrected chi connectivity index (χ0v) is 14.3. The fraction of sp³-hybridized carbons (Fsp3) is 0.200. The molecule has 0 radical (unpaired) electrons. The number of hydrogen-bond donors (Lipinski definition) is 2. The Labute approximate surface area is 150 Å². The molecule has 132 valence electrons. The van der Waals surface area contributed by atoms with E-state index >= 15 is 0 Å². The zero-order chi connectivity index (χ0) is 18.3. The Balaban J connectivity index is 1.64. The smallest absolute Gasteiger partial charge is 0.319 e. The highest BCUT2D eigenvalue weighted by atomic mass is 19.1. The Morgan fingerprint density at radius 3 is 2.58 bits per heavy atom. The number of benzene rings is 2. The highest BCUT2D eigenvalue weighted by molar-refractivity contribution is 6.01. The lowest BCUT2D eigenvalue weighted by molar-refractivity contribution is -0.126. The van der Waals surface area contributed by atoms with E-state index in [0.717, 1.165) is 16.7 Å². The van der Waals surface area contributed by atoms with Crippen LogP contribution in [0.5, 0.6) is 0 Å². The van der Waals surface area contributed by atoms with Gasteiger partial charge in [-0.1, -0.05) is 36.4 Å². The molecular formula is C20H18FN3O2. The van der Waals surface area contributed by atoms with Crippen molar-refractivity contribution in [2.45, 2.75) is 19.5 Å². The summed E-state index contributed by atoms with van der Waals surface area (Å²) in [6, 6.07) is 13.0. The van der Waals surface area contributed by atoms with E-state index in [1.807, 2.05) is 31.2 Å². The molecule has 5 nitrogen and oxygen atoms in total. The molecular weight excluding hydrogens is 333 g/mol. The third-order valence-electron chi connectivity index (χ3n) is 4.81. The summed E-state index contributed by atoms with van der Waals surface area (Å²) in [6.45, 7) is 2.66. The monoisotopic (exact) mass is 351 g/mol. The number of nitrogens with one attached hydrogen (secondary N) is 2. The van der Waals surface area contributed by atoms with Gasteiger partial charge in [-0.15, -0.1) is 0 Å². The molecule has 0 aromatic heterocycles. The first-order chi connectivity index (χ1) is 12.5. The van der Waals surface area contributed by atoms with E-state index in [0.29, 0.717) is 24.4 Å². The number of carbonyl (C=O) groups is 2. The number of halogens is 1. The summed E-state index contributed by atoms with van der Waals surface area (Å²) >= 11 is 0. The lowest BCUT2D eigenvalue weighted by Crippen LogP contribution is -2.44. The highest BCUT2D eigenvalue weighted by Crippen LogP contribution is 2.34. The molecule has 2 aliphatic heterocycles.